The molecule has 2 unspecified atom stereocenters. The fraction of sp³-hybridized carbons (Fsp3) is 0.872. The number of carboxylic acid groups (broad SMARTS) is 1. The van der Waals surface area contributed by atoms with E-state index < -0.39 is 34.9 Å². The van der Waals surface area contributed by atoms with E-state index >= 15 is 0 Å². The highest BCUT2D eigenvalue weighted by atomic mass is 16.6. The van der Waals surface area contributed by atoms with Crippen molar-refractivity contribution in [2.45, 2.75) is 132 Å². The molecule has 0 aromatic rings. The molecule has 0 aromatic heterocycles. The molecular formula is C39H61NO8. The zero-order valence-electron chi connectivity index (χ0n) is 30.9. The van der Waals surface area contributed by atoms with E-state index in [1.165, 1.54) is 12.5 Å². The SMILES string of the molecule is CC(=O)O[C@@H]1C[C@]23COC[C@](C)([C@@H]2CC[C@H]2C3=CC[C@@]3(C)[C@H](C(=O)O)[C@@](C)([C@H](C)C(C)C)CC[C@]23C)[C@H]1OC(=O)CNC1CCOC1C. The molecule has 270 valence electrons. The van der Waals surface area contributed by atoms with Crippen LogP contribution in [0, 0.1) is 56.7 Å². The summed E-state index contributed by atoms with van der Waals surface area (Å²) in [5, 5.41) is 14.3. The Morgan fingerprint density at radius 3 is 2.38 bits per heavy atom. The molecule has 6 aliphatic rings. The number of hydrogen-bond acceptors (Lipinski definition) is 8. The van der Waals surface area contributed by atoms with Gasteiger partial charge in [0, 0.05) is 30.4 Å². The lowest BCUT2D eigenvalue weighted by atomic mass is 9.34. The average Bonchev–Trinajstić information content (AvgIpc) is 3.42. The van der Waals surface area contributed by atoms with Gasteiger partial charge >= 0.3 is 17.9 Å². The quantitative estimate of drug-likeness (QED) is 0.230. The number of allylic oxidation sites excluding steroid dienone is 1. The Bertz CT molecular complexity index is 1330. The molecule has 0 spiro atoms. The zero-order valence-corrected chi connectivity index (χ0v) is 30.9. The summed E-state index contributed by atoms with van der Waals surface area (Å²) in [4.78, 5) is 39.4. The van der Waals surface area contributed by atoms with Gasteiger partial charge in [-0.05, 0) is 91.8 Å². The Morgan fingerprint density at radius 2 is 1.75 bits per heavy atom. The van der Waals surface area contributed by atoms with E-state index in [1.54, 1.807) is 0 Å². The molecule has 9 heteroatoms. The molecule has 48 heavy (non-hydrogen) atoms. The molecule has 2 aliphatic heterocycles. The number of rotatable bonds is 8. The van der Waals surface area contributed by atoms with Crippen molar-refractivity contribution in [3.8, 4) is 0 Å². The third kappa shape index (κ3) is 5.22. The third-order valence-corrected chi connectivity index (χ3v) is 15.5. The van der Waals surface area contributed by atoms with Crippen LogP contribution in [-0.4, -0.2) is 73.7 Å². The van der Waals surface area contributed by atoms with Crippen LogP contribution >= 0.6 is 0 Å². The molecule has 2 heterocycles. The molecule has 3 saturated carbocycles. The van der Waals surface area contributed by atoms with E-state index in [1.807, 2.05) is 6.92 Å². The molecule has 9 nitrogen and oxygen atoms in total. The summed E-state index contributed by atoms with van der Waals surface area (Å²) >= 11 is 0. The Kier molecular flexibility index (Phi) is 9.23. The van der Waals surface area contributed by atoms with Gasteiger partial charge in [-0.25, -0.2) is 0 Å². The number of carbonyl (C=O) groups is 3. The van der Waals surface area contributed by atoms with E-state index in [0.29, 0.717) is 38.6 Å². The standard InChI is InChI=1S/C39H61NO8/c1-22(2)23(3)35(6)15-16-37(8)26-10-11-30-36(7)20-45-21-39(30,27(26)12-14-38(37,9)32(35)34(43)44)18-29(47-25(5)41)33(36)48-31(42)19-40-28-13-17-46-24(28)4/h12,22-24,26,28-30,32-33,40H,10-11,13-21H2,1-9H3,(H,43,44)/t23-,24?,26+,28?,29-,30+,32-,33+,35-,36-,37-,38+,39-/m1/s1. The van der Waals surface area contributed by atoms with Gasteiger partial charge in [0.2, 0.25) is 0 Å². The predicted molar refractivity (Wildman–Crippen MR) is 181 cm³/mol. The van der Waals surface area contributed by atoms with Gasteiger partial charge in [-0.2, -0.15) is 0 Å². The second kappa shape index (κ2) is 12.4. The minimum Gasteiger partial charge on any atom is -0.481 e. The topological polar surface area (TPSA) is 120 Å². The normalized spacial score (nSPS) is 47.2. The number of nitrogens with one attached hydrogen (secondary N) is 1. The van der Waals surface area contributed by atoms with Crippen LogP contribution in [0.5, 0.6) is 0 Å². The Morgan fingerprint density at radius 1 is 1.02 bits per heavy atom. The minimum atomic E-state index is -0.669. The van der Waals surface area contributed by atoms with Gasteiger partial charge in [0.05, 0.1) is 31.8 Å². The molecule has 0 amide bonds. The van der Waals surface area contributed by atoms with Gasteiger partial charge in [-0.1, -0.05) is 60.1 Å². The van der Waals surface area contributed by atoms with Gasteiger partial charge in [-0.3, -0.25) is 14.4 Å². The molecule has 13 atom stereocenters. The number of carboxylic acids is 1. The molecule has 2 bridgehead atoms. The van der Waals surface area contributed by atoms with Gasteiger partial charge < -0.3 is 29.4 Å². The third-order valence-electron chi connectivity index (χ3n) is 15.5. The number of carbonyl (C=O) groups excluding carboxylic acids is 2. The van der Waals surface area contributed by atoms with Crippen molar-refractivity contribution in [3.05, 3.63) is 11.6 Å². The summed E-state index contributed by atoms with van der Waals surface area (Å²) in [7, 11) is 0. The average molecular weight is 672 g/mol. The molecule has 2 saturated heterocycles. The molecule has 5 fully saturated rings. The maximum atomic E-state index is 13.4. The number of esters is 2. The van der Waals surface area contributed by atoms with E-state index in [2.05, 4.69) is 59.9 Å². The first-order valence-electron chi connectivity index (χ1n) is 18.7. The number of aliphatic carboxylic acids is 1. The first kappa shape index (κ1) is 35.8. The molecule has 0 aromatic carbocycles. The predicted octanol–water partition coefficient (Wildman–Crippen LogP) is 6.19. The minimum absolute atomic E-state index is 0.0381. The Balaban J connectivity index is 1.34. The summed E-state index contributed by atoms with van der Waals surface area (Å²) in [6.45, 7) is 20.9. The Labute approximate surface area is 287 Å². The van der Waals surface area contributed by atoms with Gasteiger partial charge in [0.15, 0.2) is 0 Å². The second-order valence-electron chi connectivity index (χ2n) is 18.0. The van der Waals surface area contributed by atoms with Crippen LogP contribution in [0.2, 0.25) is 0 Å². The van der Waals surface area contributed by atoms with Crippen LogP contribution in [0.4, 0.5) is 0 Å². The molecule has 6 rings (SSSR count). The first-order chi connectivity index (χ1) is 22.4. The Hall–Kier alpha value is -1.97. The molecule has 0 radical (unpaired) electrons. The van der Waals surface area contributed by atoms with Crippen molar-refractivity contribution >= 4 is 17.9 Å². The number of hydrogen-bond donors (Lipinski definition) is 2. The summed E-state index contributed by atoms with van der Waals surface area (Å²) in [5.74, 6) is -0.811. The van der Waals surface area contributed by atoms with Crippen molar-refractivity contribution in [3.63, 3.8) is 0 Å². The number of fused-ring (bicyclic) bond motifs is 3. The summed E-state index contributed by atoms with van der Waals surface area (Å²) in [5.41, 5.74) is -0.484. The zero-order chi connectivity index (χ0) is 35.0. The summed E-state index contributed by atoms with van der Waals surface area (Å²) < 4.78 is 24.6. The van der Waals surface area contributed by atoms with Crippen LogP contribution in [-0.2, 0) is 33.3 Å². The van der Waals surface area contributed by atoms with Crippen LogP contribution in [0.3, 0.4) is 0 Å². The van der Waals surface area contributed by atoms with Crippen LogP contribution in [0.1, 0.15) is 107 Å². The molecular weight excluding hydrogens is 610 g/mol. The maximum Gasteiger partial charge on any atom is 0.320 e. The van der Waals surface area contributed by atoms with Gasteiger partial charge in [0.25, 0.3) is 0 Å². The van der Waals surface area contributed by atoms with Crippen LogP contribution in [0.15, 0.2) is 11.6 Å². The summed E-state index contributed by atoms with van der Waals surface area (Å²) in [6, 6.07) is 0.0990. The van der Waals surface area contributed by atoms with E-state index in [4.69, 9.17) is 18.9 Å². The fourth-order valence-electron chi connectivity index (χ4n) is 12.5. The lowest BCUT2D eigenvalue weighted by Gasteiger charge is -2.71. The highest BCUT2D eigenvalue weighted by Gasteiger charge is 2.72. The smallest absolute Gasteiger partial charge is 0.320 e. The second-order valence-corrected chi connectivity index (χ2v) is 18.0. The van der Waals surface area contributed by atoms with E-state index in [0.717, 1.165) is 32.1 Å². The van der Waals surface area contributed by atoms with E-state index in [9.17, 15) is 19.5 Å². The largest absolute Gasteiger partial charge is 0.481 e. The highest BCUT2D eigenvalue weighted by Crippen LogP contribution is 2.75. The maximum absolute atomic E-state index is 13.4. The van der Waals surface area contributed by atoms with Crippen molar-refractivity contribution in [2.75, 3.05) is 26.4 Å². The van der Waals surface area contributed by atoms with Crippen molar-refractivity contribution in [1.82, 2.24) is 5.32 Å². The van der Waals surface area contributed by atoms with Gasteiger partial charge in [0.1, 0.15) is 12.2 Å². The number of ether oxygens (including phenoxy) is 4. The van der Waals surface area contributed by atoms with Crippen LogP contribution < -0.4 is 5.32 Å². The monoisotopic (exact) mass is 671 g/mol. The van der Waals surface area contributed by atoms with Gasteiger partial charge in [-0.15, -0.1) is 0 Å². The first-order valence-corrected chi connectivity index (χ1v) is 18.7. The fourth-order valence-corrected chi connectivity index (χ4v) is 12.5. The highest BCUT2D eigenvalue weighted by molar-refractivity contribution is 5.73. The van der Waals surface area contributed by atoms with Crippen LogP contribution in [0.25, 0.3) is 0 Å². The lowest BCUT2D eigenvalue weighted by Crippen LogP contribution is -2.70. The summed E-state index contributed by atoms with van der Waals surface area (Å²) in [6.07, 6.45) is 7.04. The van der Waals surface area contributed by atoms with E-state index in [-0.39, 0.29) is 64.6 Å². The molecule has 2 N–H and O–H groups in total. The van der Waals surface area contributed by atoms with Crippen molar-refractivity contribution < 1.29 is 38.4 Å². The van der Waals surface area contributed by atoms with Crippen molar-refractivity contribution in [1.29, 1.82) is 0 Å². The van der Waals surface area contributed by atoms with Crippen molar-refractivity contribution in [2.24, 2.45) is 56.7 Å². The molecule has 4 aliphatic carbocycles. The lowest BCUT2D eigenvalue weighted by molar-refractivity contribution is -0.263.